The number of amides is 1. The lowest BCUT2D eigenvalue weighted by atomic mass is 10.1. The number of hydrogen-bond donors (Lipinski definition) is 1. The molecule has 1 N–H and O–H groups in total. The molecule has 11 heteroatoms. The van der Waals surface area contributed by atoms with Crippen molar-refractivity contribution >= 4 is 35.6 Å². The van der Waals surface area contributed by atoms with Crippen molar-refractivity contribution in [2.45, 2.75) is 51.1 Å². The third kappa shape index (κ3) is 7.71. The van der Waals surface area contributed by atoms with Crippen LogP contribution in [0.25, 0.3) is 0 Å². The van der Waals surface area contributed by atoms with E-state index in [9.17, 15) is 19.2 Å². The van der Waals surface area contributed by atoms with Crippen molar-refractivity contribution < 1.29 is 38.1 Å². The second kappa shape index (κ2) is 12.2. The maximum absolute atomic E-state index is 12.4. The second-order valence-electron chi connectivity index (χ2n) is 7.66. The summed E-state index contributed by atoms with van der Waals surface area (Å²) in [7, 11) is 0. The van der Waals surface area contributed by atoms with E-state index >= 15 is 0 Å². The van der Waals surface area contributed by atoms with E-state index in [1.807, 2.05) is 30.3 Å². The Kier molecular flexibility index (Phi) is 9.07. The predicted molar refractivity (Wildman–Crippen MR) is 125 cm³/mol. The van der Waals surface area contributed by atoms with E-state index < -0.39 is 41.7 Å². The molecule has 1 aliphatic rings. The number of ether oxygens (including phenoxy) is 4. The normalized spacial score (nSPS) is 21.3. The largest absolute Gasteiger partial charge is 0.474 e. The Morgan fingerprint density at radius 1 is 0.914 bits per heavy atom. The van der Waals surface area contributed by atoms with Crippen molar-refractivity contribution in [1.82, 2.24) is 10.3 Å². The Hall–Kier alpha value is -3.60. The molecule has 1 aromatic carbocycles. The quantitative estimate of drug-likeness (QED) is 0.424. The maximum Gasteiger partial charge on any atom is 0.303 e. The zero-order valence-corrected chi connectivity index (χ0v) is 20.3. The molecule has 1 aliphatic heterocycles. The molecule has 2 aromatic rings. The number of aromatic nitrogens is 1. The van der Waals surface area contributed by atoms with E-state index in [-0.39, 0.29) is 17.4 Å². The second-order valence-corrected chi connectivity index (χ2v) is 8.79. The van der Waals surface area contributed by atoms with Gasteiger partial charge in [0.25, 0.3) is 5.91 Å². The van der Waals surface area contributed by atoms with Crippen LogP contribution in [-0.2, 0) is 35.1 Å². The molecule has 0 radical (unpaired) electrons. The van der Waals surface area contributed by atoms with Gasteiger partial charge in [0.1, 0.15) is 11.4 Å². The van der Waals surface area contributed by atoms with Gasteiger partial charge in [0.05, 0.1) is 6.20 Å². The van der Waals surface area contributed by atoms with Gasteiger partial charge in [-0.15, -0.1) is 11.8 Å². The lowest BCUT2D eigenvalue weighted by Gasteiger charge is -2.39. The van der Waals surface area contributed by atoms with E-state index in [4.69, 9.17) is 18.9 Å². The van der Waals surface area contributed by atoms with Crippen LogP contribution in [0.3, 0.4) is 0 Å². The van der Waals surface area contributed by atoms with E-state index in [2.05, 4.69) is 10.3 Å². The van der Waals surface area contributed by atoms with Crippen molar-refractivity contribution in [3.63, 3.8) is 0 Å². The minimum atomic E-state index is -1.05. The number of pyridine rings is 1. The number of carbonyl (C=O) groups excluding carboxylic acids is 4. The highest BCUT2D eigenvalue weighted by atomic mass is 32.2. The van der Waals surface area contributed by atoms with Gasteiger partial charge in [-0.2, -0.15) is 0 Å². The van der Waals surface area contributed by atoms with Crippen molar-refractivity contribution in [3.05, 3.63) is 59.9 Å². The topological polar surface area (TPSA) is 130 Å². The fourth-order valence-electron chi connectivity index (χ4n) is 3.40. The van der Waals surface area contributed by atoms with Crippen LogP contribution in [-0.4, -0.2) is 58.3 Å². The van der Waals surface area contributed by atoms with Crippen LogP contribution in [0.2, 0.25) is 0 Å². The molecule has 10 nitrogen and oxygen atoms in total. The first-order valence-electron chi connectivity index (χ1n) is 10.8. The molecular weight excluding hydrogens is 476 g/mol. The number of carbonyl (C=O) groups is 4. The first kappa shape index (κ1) is 26.0. The van der Waals surface area contributed by atoms with E-state index in [0.29, 0.717) is 12.3 Å². The summed E-state index contributed by atoms with van der Waals surface area (Å²) in [6.07, 6.45) is -1.54. The molecule has 0 unspecified atom stereocenters. The van der Waals surface area contributed by atoms with Gasteiger partial charge in [0.2, 0.25) is 0 Å². The molecule has 4 atom stereocenters. The molecule has 186 valence electrons. The van der Waals surface area contributed by atoms with Gasteiger partial charge in [-0.3, -0.25) is 19.2 Å². The fraction of sp³-hybridized carbons (Fsp3) is 0.375. The molecule has 1 fully saturated rings. The number of nitrogens with zero attached hydrogens (tertiary/aromatic N) is 1. The summed E-state index contributed by atoms with van der Waals surface area (Å²) in [5, 5.41) is 2.80. The third-order valence-electron chi connectivity index (χ3n) is 4.82. The van der Waals surface area contributed by atoms with Gasteiger partial charge in [-0.05, 0) is 17.7 Å². The van der Waals surface area contributed by atoms with Crippen LogP contribution in [0, 0.1) is 0 Å². The Balaban J connectivity index is 1.69. The van der Waals surface area contributed by atoms with Gasteiger partial charge in [-0.25, -0.2) is 4.98 Å². The Morgan fingerprint density at radius 3 is 2.17 bits per heavy atom. The SMILES string of the molecule is CC(=O)O[C@@H]1[C@@H](OC(C)=O)[C@@H](Oc2ccc(C(=O)NCc3ccccc3)nc2)SC[C@H]1OC(C)=O. The molecule has 0 saturated carbocycles. The zero-order valence-electron chi connectivity index (χ0n) is 19.5. The van der Waals surface area contributed by atoms with Crippen LogP contribution in [0.4, 0.5) is 0 Å². The van der Waals surface area contributed by atoms with E-state index in [1.165, 1.54) is 44.8 Å². The molecular formula is C24H26N2O8S. The number of esters is 3. The Morgan fingerprint density at radius 2 is 1.57 bits per heavy atom. The summed E-state index contributed by atoms with van der Waals surface area (Å²) < 4.78 is 22.0. The lowest BCUT2D eigenvalue weighted by molar-refractivity contribution is -0.186. The summed E-state index contributed by atoms with van der Waals surface area (Å²) >= 11 is 1.23. The molecule has 0 spiro atoms. The zero-order chi connectivity index (χ0) is 25.4. The third-order valence-corrected chi connectivity index (χ3v) is 6.04. The Labute approximate surface area is 206 Å². The first-order chi connectivity index (χ1) is 16.7. The number of hydrogen-bond acceptors (Lipinski definition) is 10. The molecule has 0 aliphatic carbocycles. The predicted octanol–water partition coefficient (Wildman–Crippen LogP) is 2.26. The van der Waals surface area contributed by atoms with Crippen molar-refractivity contribution in [2.24, 2.45) is 0 Å². The smallest absolute Gasteiger partial charge is 0.303 e. The maximum atomic E-state index is 12.4. The van der Waals surface area contributed by atoms with Gasteiger partial charge >= 0.3 is 17.9 Å². The summed E-state index contributed by atoms with van der Waals surface area (Å²) in [5.74, 6) is -1.58. The van der Waals surface area contributed by atoms with Crippen LogP contribution >= 0.6 is 11.8 Å². The Bertz CT molecular complexity index is 1050. The van der Waals surface area contributed by atoms with Crippen molar-refractivity contribution in [3.8, 4) is 5.75 Å². The number of nitrogens with one attached hydrogen (secondary N) is 1. The van der Waals surface area contributed by atoms with Gasteiger partial charge in [0.15, 0.2) is 23.7 Å². The summed E-state index contributed by atoms with van der Waals surface area (Å²) in [4.78, 5) is 51.5. The highest BCUT2D eigenvalue weighted by Gasteiger charge is 2.47. The molecule has 35 heavy (non-hydrogen) atoms. The number of thioether (sulfide) groups is 1. The van der Waals surface area contributed by atoms with Crippen molar-refractivity contribution in [2.75, 3.05) is 5.75 Å². The van der Waals surface area contributed by atoms with E-state index in [1.54, 1.807) is 6.07 Å². The molecule has 1 aromatic heterocycles. The summed E-state index contributed by atoms with van der Waals surface area (Å²) in [6, 6.07) is 12.6. The fourth-order valence-corrected chi connectivity index (χ4v) is 4.61. The monoisotopic (exact) mass is 502 g/mol. The minimum absolute atomic E-state index is 0.203. The highest BCUT2D eigenvalue weighted by molar-refractivity contribution is 7.99. The number of rotatable bonds is 8. The van der Waals surface area contributed by atoms with Crippen LogP contribution < -0.4 is 10.1 Å². The molecule has 1 amide bonds. The van der Waals surface area contributed by atoms with Crippen LogP contribution in [0.1, 0.15) is 36.8 Å². The highest BCUT2D eigenvalue weighted by Crippen LogP contribution is 2.34. The van der Waals surface area contributed by atoms with Gasteiger partial charge in [0, 0.05) is 33.1 Å². The van der Waals surface area contributed by atoms with Gasteiger partial charge in [-0.1, -0.05) is 30.3 Å². The first-order valence-corrected chi connectivity index (χ1v) is 11.9. The van der Waals surface area contributed by atoms with Crippen LogP contribution in [0.5, 0.6) is 5.75 Å². The van der Waals surface area contributed by atoms with E-state index in [0.717, 1.165) is 5.56 Å². The summed E-state index contributed by atoms with van der Waals surface area (Å²) in [5.41, 5.74) is 0.379. The summed E-state index contributed by atoms with van der Waals surface area (Å²) in [6.45, 7) is 4.02. The minimum Gasteiger partial charge on any atom is -0.474 e. The number of benzene rings is 1. The standard InChI is InChI=1S/C24H26N2O8S/c1-14(27)31-20-13-35-24(22(33-16(3)29)21(20)32-15(2)28)34-18-9-10-19(25-12-18)23(30)26-11-17-7-5-4-6-8-17/h4-10,12,20-22,24H,11,13H2,1-3H3,(H,26,30)/t20-,21+,22-,24+/m1/s1. The molecule has 1 saturated heterocycles. The van der Waals surface area contributed by atoms with Crippen LogP contribution in [0.15, 0.2) is 48.7 Å². The van der Waals surface area contributed by atoms with Crippen molar-refractivity contribution in [1.29, 1.82) is 0 Å². The lowest BCUT2D eigenvalue weighted by Crippen LogP contribution is -2.55. The molecule has 2 heterocycles. The van der Waals surface area contributed by atoms with Gasteiger partial charge < -0.3 is 24.3 Å². The average Bonchev–Trinajstić information content (AvgIpc) is 2.81. The molecule has 3 rings (SSSR count). The average molecular weight is 503 g/mol. The molecule has 0 bridgehead atoms.